The van der Waals surface area contributed by atoms with Crippen LogP contribution in [-0.2, 0) is 5.41 Å². The summed E-state index contributed by atoms with van der Waals surface area (Å²) in [6.45, 7) is 6.44. The predicted octanol–water partition coefficient (Wildman–Crippen LogP) is 5.77. The molecule has 0 saturated carbocycles. The quantitative estimate of drug-likeness (QED) is 0.600. The smallest absolute Gasteiger partial charge is 0.221 e. The maximum absolute atomic E-state index is 6.35. The number of hydrogen-bond acceptors (Lipinski definition) is 3. The minimum Gasteiger partial charge on any atom is -0.481 e. The molecule has 0 spiro atoms. The van der Waals surface area contributed by atoms with E-state index < -0.39 is 0 Å². The minimum atomic E-state index is -0.0307. The van der Waals surface area contributed by atoms with Crippen molar-refractivity contribution in [3.8, 4) is 28.1 Å². The number of hydrogen-bond donors (Lipinski definition) is 0. The first-order valence-electron chi connectivity index (χ1n) is 8.16. The lowest BCUT2D eigenvalue weighted by molar-refractivity contribution is 0.400. The number of ether oxygens (including phenoxy) is 1. The summed E-state index contributed by atoms with van der Waals surface area (Å²) in [5.74, 6) is 0.585. The third kappa shape index (κ3) is 3.67. The van der Waals surface area contributed by atoms with Gasteiger partial charge in [0.15, 0.2) is 0 Å². The highest BCUT2D eigenvalue weighted by Crippen LogP contribution is 2.35. The van der Waals surface area contributed by atoms with E-state index in [1.54, 1.807) is 13.3 Å². The van der Waals surface area contributed by atoms with Crippen LogP contribution in [0.1, 0.15) is 26.5 Å². The summed E-state index contributed by atoms with van der Waals surface area (Å²) in [6, 6.07) is 13.9. The molecule has 128 valence electrons. The molecule has 0 radical (unpaired) electrons. The first-order chi connectivity index (χ1) is 11.9. The lowest BCUT2D eigenvalue weighted by atomic mass is 9.90. The van der Waals surface area contributed by atoms with Crippen LogP contribution in [0.3, 0.4) is 0 Å². The molecular formula is C21H21ClN2O. The second kappa shape index (κ2) is 6.85. The van der Waals surface area contributed by atoms with Gasteiger partial charge in [0.05, 0.1) is 7.11 Å². The van der Waals surface area contributed by atoms with Gasteiger partial charge in [0.25, 0.3) is 0 Å². The molecule has 3 rings (SSSR count). The van der Waals surface area contributed by atoms with Crippen molar-refractivity contribution in [2.45, 2.75) is 26.2 Å². The third-order valence-electron chi connectivity index (χ3n) is 4.07. The number of aromatic nitrogens is 2. The van der Waals surface area contributed by atoms with Gasteiger partial charge in [-0.15, -0.1) is 0 Å². The highest BCUT2D eigenvalue weighted by Gasteiger charge is 2.18. The summed E-state index contributed by atoms with van der Waals surface area (Å²) in [6.07, 6.45) is 3.62. The molecule has 0 aliphatic rings. The Morgan fingerprint density at radius 3 is 2.36 bits per heavy atom. The Morgan fingerprint density at radius 1 is 0.920 bits per heavy atom. The van der Waals surface area contributed by atoms with Crippen LogP contribution < -0.4 is 4.74 Å². The molecule has 1 aromatic carbocycles. The van der Waals surface area contributed by atoms with E-state index in [0.29, 0.717) is 10.9 Å². The van der Waals surface area contributed by atoms with Gasteiger partial charge in [-0.05, 0) is 29.8 Å². The maximum Gasteiger partial charge on any atom is 0.221 e. The second-order valence-corrected chi connectivity index (χ2v) is 7.35. The monoisotopic (exact) mass is 352 g/mol. The van der Waals surface area contributed by atoms with Crippen LogP contribution in [0, 0.1) is 0 Å². The van der Waals surface area contributed by atoms with Crippen LogP contribution in [0.15, 0.2) is 54.9 Å². The molecule has 0 aliphatic carbocycles. The minimum absolute atomic E-state index is 0.0307. The Balaban J connectivity index is 2.16. The number of halogens is 1. The lowest BCUT2D eigenvalue weighted by Crippen LogP contribution is -2.13. The zero-order valence-electron chi connectivity index (χ0n) is 14.9. The van der Waals surface area contributed by atoms with Crippen molar-refractivity contribution in [2.24, 2.45) is 0 Å². The average Bonchev–Trinajstić information content (AvgIpc) is 2.61. The van der Waals surface area contributed by atoms with Gasteiger partial charge in [-0.2, -0.15) is 0 Å². The fourth-order valence-corrected chi connectivity index (χ4v) is 2.92. The van der Waals surface area contributed by atoms with Gasteiger partial charge in [0.1, 0.15) is 0 Å². The highest BCUT2D eigenvalue weighted by molar-refractivity contribution is 6.33. The fourth-order valence-electron chi connectivity index (χ4n) is 2.67. The Kier molecular flexibility index (Phi) is 4.78. The molecule has 2 aromatic heterocycles. The van der Waals surface area contributed by atoms with Gasteiger partial charge in [-0.1, -0.05) is 50.6 Å². The van der Waals surface area contributed by atoms with Crippen molar-refractivity contribution in [2.75, 3.05) is 7.11 Å². The molecule has 3 nitrogen and oxygen atoms in total. The molecule has 0 bridgehead atoms. The molecule has 25 heavy (non-hydrogen) atoms. The van der Waals surface area contributed by atoms with E-state index in [9.17, 15) is 0 Å². The average molecular weight is 353 g/mol. The van der Waals surface area contributed by atoms with Crippen LogP contribution in [0.25, 0.3) is 22.3 Å². The second-order valence-electron chi connectivity index (χ2n) is 6.94. The molecular weight excluding hydrogens is 332 g/mol. The predicted molar refractivity (Wildman–Crippen MR) is 103 cm³/mol. The topological polar surface area (TPSA) is 35.0 Å². The van der Waals surface area contributed by atoms with Crippen molar-refractivity contribution in [3.63, 3.8) is 0 Å². The summed E-state index contributed by atoms with van der Waals surface area (Å²) >= 11 is 6.35. The van der Waals surface area contributed by atoms with Gasteiger partial charge in [-0.25, -0.2) is 4.98 Å². The van der Waals surface area contributed by atoms with Crippen LogP contribution >= 0.6 is 11.6 Å². The number of methoxy groups -OCH3 is 1. The molecule has 0 saturated heterocycles. The van der Waals surface area contributed by atoms with Gasteiger partial charge in [-0.3, -0.25) is 4.98 Å². The standard InChI is InChI=1S/C21H21ClN2O/c1-21(2,3)19-12-14(9-10-23-19)17-11-15(13-24-20(17)25-4)16-7-5-6-8-18(16)22/h5-13H,1-4H3. The maximum atomic E-state index is 6.35. The van der Waals surface area contributed by atoms with Crippen molar-refractivity contribution in [1.29, 1.82) is 0 Å². The van der Waals surface area contributed by atoms with Crippen molar-refractivity contribution >= 4 is 11.6 Å². The molecule has 0 fully saturated rings. The normalized spacial score (nSPS) is 11.4. The van der Waals surface area contributed by atoms with Crippen molar-refractivity contribution in [1.82, 2.24) is 9.97 Å². The van der Waals surface area contributed by atoms with Gasteiger partial charge in [0, 0.05) is 45.2 Å². The molecule has 2 heterocycles. The number of rotatable bonds is 3. The molecule has 4 heteroatoms. The van der Waals surface area contributed by atoms with E-state index in [1.807, 2.05) is 36.5 Å². The van der Waals surface area contributed by atoms with E-state index in [1.165, 1.54) is 0 Å². The van der Waals surface area contributed by atoms with Crippen molar-refractivity contribution < 1.29 is 4.74 Å². The Labute approximate surface area is 153 Å². The SMILES string of the molecule is COc1ncc(-c2ccccc2Cl)cc1-c1ccnc(C(C)(C)C)c1. The Bertz CT molecular complexity index is 900. The molecule has 3 aromatic rings. The largest absolute Gasteiger partial charge is 0.481 e. The van der Waals surface area contributed by atoms with E-state index in [2.05, 4.69) is 42.9 Å². The molecule has 0 unspecified atom stereocenters. The Morgan fingerprint density at radius 2 is 1.68 bits per heavy atom. The van der Waals surface area contributed by atoms with Crippen LogP contribution in [-0.4, -0.2) is 17.1 Å². The number of pyridine rings is 2. The zero-order chi connectivity index (χ0) is 18.0. The van der Waals surface area contributed by atoms with Gasteiger partial charge >= 0.3 is 0 Å². The van der Waals surface area contributed by atoms with E-state index in [4.69, 9.17) is 16.3 Å². The summed E-state index contributed by atoms with van der Waals surface area (Å²) in [7, 11) is 1.63. The Hall–Kier alpha value is -2.39. The number of nitrogens with zero attached hydrogens (tertiary/aromatic N) is 2. The van der Waals surface area contributed by atoms with E-state index in [-0.39, 0.29) is 5.41 Å². The number of benzene rings is 1. The summed E-state index contributed by atoms with van der Waals surface area (Å²) < 4.78 is 5.48. The third-order valence-corrected chi connectivity index (χ3v) is 4.40. The van der Waals surface area contributed by atoms with Crippen molar-refractivity contribution in [3.05, 3.63) is 65.6 Å². The molecule has 0 N–H and O–H groups in total. The van der Waals surface area contributed by atoms with Crippen LogP contribution in [0.5, 0.6) is 5.88 Å². The van der Waals surface area contributed by atoms with Gasteiger partial charge in [0.2, 0.25) is 5.88 Å². The van der Waals surface area contributed by atoms with E-state index in [0.717, 1.165) is 27.9 Å². The molecule has 0 amide bonds. The van der Waals surface area contributed by atoms with Crippen LogP contribution in [0.4, 0.5) is 0 Å². The summed E-state index contributed by atoms with van der Waals surface area (Å²) in [4.78, 5) is 8.99. The molecule has 0 aliphatic heterocycles. The summed E-state index contributed by atoms with van der Waals surface area (Å²) in [5.41, 5.74) is 4.85. The highest BCUT2D eigenvalue weighted by atomic mass is 35.5. The zero-order valence-corrected chi connectivity index (χ0v) is 15.6. The van der Waals surface area contributed by atoms with Gasteiger partial charge < -0.3 is 4.74 Å². The van der Waals surface area contributed by atoms with E-state index >= 15 is 0 Å². The first kappa shape index (κ1) is 17.4. The fraction of sp³-hybridized carbons (Fsp3) is 0.238. The van der Waals surface area contributed by atoms with Crippen LogP contribution in [0.2, 0.25) is 5.02 Å². The summed E-state index contributed by atoms with van der Waals surface area (Å²) in [5, 5.41) is 0.700. The lowest BCUT2D eigenvalue weighted by Gasteiger charge is -2.19. The molecule has 0 atom stereocenters. The first-order valence-corrected chi connectivity index (χ1v) is 8.54.